The summed E-state index contributed by atoms with van der Waals surface area (Å²) >= 11 is 0. The van der Waals surface area contributed by atoms with E-state index in [-0.39, 0.29) is 19.1 Å². The van der Waals surface area contributed by atoms with Crippen LogP contribution in [0.2, 0.25) is 12.1 Å². The van der Waals surface area contributed by atoms with Crippen LogP contribution in [0.4, 0.5) is 0 Å². The van der Waals surface area contributed by atoms with E-state index in [0.717, 1.165) is 25.6 Å². The van der Waals surface area contributed by atoms with Gasteiger partial charge in [0, 0.05) is 8.41 Å². The first-order valence-corrected chi connectivity index (χ1v) is 7.34. The van der Waals surface area contributed by atoms with Gasteiger partial charge in [0.15, 0.2) is 0 Å². The van der Waals surface area contributed by atoms with Gasteiger partial charge in [-0.3, -0.25) is 0 Å². The second kappa shape index (κ2) is 6.61. The lowest BCUT2D eigenvalue weighted by molar-refractivity contribution is 0.388. The first-order valence-electron chi connectivity index (χ1n) is 9.41. The zero-order chi connectivity index (χ0) is 16.3. The monoisotopic (exact) mass is 250 g/mol. The fourth-order valence-electron chi connectivity index (χ4n) is 3.52. The van der Waals surface area contributed by atoms with E-state index in [2.05, 4.69) is 26.0 Å². The summed E-state index contributed by atoms with van der Waals surface area (Å²) in [5.74, 6) is 1.68. The van der Waals surface area contributed by atoms with Crippen molar-refractivity contribution < 1.29 is 10.1 Å². The lowest BCUT2D eigenvalue weighted by Gasteiger charge is -2.23. The molecule has 0 aromatic rings. The van der Waals surface area contributed by atoms with E-state index < -0.39 is 7.04 Å². The van der Waals surface area contributed by atoms with Crippen LogP contribution >= 0.6 is 0 Å². The maximum Gasteiger partial charge on any atom is 0.296 e. The third kappa shape index (κ3) is 2.91. The molecule has 2 aliphatic rings. The standard InChI is InChI=1S/C16H27BO/c1-4-9-15(17(18-3)12-5-2)16-13-10-7-6-8-11-14(13)16/h7-8,10-11,13-16H,4-6,9,12H2,1-3H3/t13-,14+,15-,16?/m0/s1/i3D3,6D/t6?,13-,14+,15-,16?. The van der Waals surface area contributed by atoms with E-state index in [0.29, 0.717) is 17.8 Å². The summed E-state index contributed by atoms with van der Waals surface area (Å²) in [6.07, 6.45) is 11.8. The predicted octanol–water partition coefficient (Wildman–Crippen LogP) is 4.58. The summed E-state index contributed by atoms with van der Waals surface area (Å²) in [6.45, 7) is 4.03. The Labute approximate surface area is 118 Å². The van der Waals surface area contributed by atoms with E-state index in [1.54, 1.807) is 0 Å². The quantitative estimate of drug-likeness (QED) is 0.474. The minimum absolute atomic E-state index is 0.192. The molecule has 0 spiro atoms. The Bertz CT molecular complexity index is 401. The number of hydrogen-bond donors (Lipinski definition) is 0. The first-order chi connectivity index (χ1) is 10.4. The molecule has 2 rings (SSSR count). The van der Waals surface area contributed by atoms with Crippen LogP contribution in [0, 0.1) is 17.8 Å². The summed E-state index contributed by atoms with van der Waals surface area (Å²) in [5.41, 5.74) is 0. The highest BCUT2D eigenvalue weighted by Crippen LogP contribution is 2.58. The van der Waals surface area contributed by atoms with Gasteiger partial charge in [-0.2, -0.15) is 0 Å². The van der Waals surface area contributed by atoms with Crippen molar-refractivity contribution in [1.29, 1.82) is 0 Å². The minimum atomic E-state index is -2.32. The highest BCUT2D eigenvalue weighted by atomic mass is 16.4. The van der Waals surface area contributed by atoms with Crippen molar-refractivity contribution in [1.82, 2.24) is 0 Å². The predicted molar refractivity (Wildman–Crippen MR) is 79.9 cm³/mol. The van der Waals surface area contributed by atoms with E-state index in [1.807, 2.05) is 12.2 Å². The highest BCUT2D eigenvalue weighted by molar-refractivity contribution is 6.53. The third-order valence-corrected chi connectivity index (χ3v) is 4.40. The normalized spacial score (nSPS) is 38.8. The molecule has 18 heavy (non-hydrogen) atoms. The Morgan fingerprint density at radius 1 is 1.33 bits per heavy atom. The van der Waals surface area contributed by atoms with Gasteiger partial charge >= 0.3 is 0 Å². The Morgan fingerprint density at radius 3 is 2.61 bits per heavy atom. The molecule has 0 amide bonds. The number of hydrogen-bond acceptors (Lipinski definition) is 1. The van der Waals surface area contributed by atoms with E-state index in [1.165, 1.54) is 0 Å². The number of rotatable bonds is 7. The molecule has 100 valence electrons. The molecule has 0 aromatic carbocycles. The maximum absolute atomic E-state index is 7.77. The van der Waals surface area contributed by atoms with Crippen LogP contribution in [-0.4, -0.2) is 14.0 Å². The first kappa shape index (κ1) is 9.42. The van der Waals surface area contributed by atoms with Crippen molar-refractivity contribution in [2.75, 3.05) is 7.04 Å². The smallest absolute Gasteiger partial charge is 0.296 e. The largest absolute Gasteiger partial charge is 0.438 e. The van der Waals surface area contributed by atoms with Crippen molar-refractivity contribution in [2.45, 2.75) is 51.6 Å². The molecule has 0 radical (unpaired) electrons. The van der Waals surface area contributed by atoms with Crippen molar-refractivity contribution in [3.63, 3.8) is 0 Å². The summed E-state index contributed by atoms with van der Waals surface area (Å²) in [4.78, 5) is 0. The summed E-state index contributed by atoms with van der Waals surface area (Å²) in [6, 6.07) is 0. The average molecular weight is 250 g/mol. The van der Waals surface area contributed by atoms with Crippen LogP contribution in [0.25, 0.3) is 0 Å². The van der Waals surface area contributed by atoms with Gasteiger partial charge in [0.25, 0.3) is 6.92 Å². The van der Waals surface area contributed by atoms with Crippen LogP contribution in [-0.2, 0) is 4.65 Å². The fourth-order valence-corrected chi connectivity index (χ4v) is 3.52. The van der Waals surface area contributed by atoms with Gasteiger partial charge in [-0.15, -0.1) is 0 Å². The lowest BCUT2D eigenvalue weighted by Crippen LogP contribution is -2.25. The zero-order valence-electron chi connectivity index (χ0n) is 15.5. The minimum Gasteiger partial charge on any atom is -0.438 e. The maximum atomic E-state index is 7.77. The van der Waals surface area contributed by atoms with Gasteiger partial charge in [0.2, 0.25) is 0 Å². The highest BCUT2D eigenvalue weighted by Gasteiger charge is 2.53. The second-order valence-electron chi connectivity index (χ2n) is 5.59. The van der Waals surface area contributed by atoms with Crippen LogP contribution in [0.5, 0.6) is 0 Å². The topological polar surface area (TPSA) is 9.23 Å². The van der Waals surface area contributed by atoms with Crippen molar-refractivity contribution in [2.24, 2.45) is 17.8 Å². The van der Waals surface area contributed by atoms with Crippen molar-refractivity contribution in [3.8, 4) is 0 Å². The van der Waals surface area contributed by atoms with Crippen LogP contribution in [0.15, 0.2) is 24.3 Å². The van der Waals surface area contributed by atoms with E-state index >= 15 is 0 Å². The second-order valence-corrected chi connectivity index (χ2v) is 5.59. The molecule has 0 saturated heterocycles. The van der Waals surface area contributed by atoms with Crippen LogP contribution in [0.1, 0.15) is 45.0 Å². The zero-order valence-corrected chi connectivity index (χ0v) is 11.5. The van der Waals surface area contributed by atoms with Crippen molar-refractivity contribution in [3.05, 3.63) is 24.3 Å². The van der Waals surface area contributed by atoms with Crippen LogP contribution < -0.4 is 0 Å². The van der Waals surface area contributed by atoms with E-state index in [9.17, 15) is 0 Å². The Hall–Kier alpha value is -0.495. The molecule has 5 atom stereocenters. The molecule has 2 heteroatoms. The van der Waals surface area contributed by atoms with Gasteiger partial charge < -0.3 is 4.65 Å². The molecule has 2 aliphatic carbocycles. The summed E-state index contributed by atoms with van der Waals surface area (Å²) in [7, 11) is -2.32. The van der Waals surface area contributed by atoms with Gasteiger partial charge in [-0.1, -0.05) is 57.4 Å². The molecule has 0 N–H and O–H groups in total. The fraction of sp³-hybridized carbons (Fsp3) is 0.750. The van der Waals surface area contributed by atoms with Crippen LogP contribution in [0.3, 0.4) is 0 Å². The molecular weight excluding hydrogens is 219 g/mol. The van der Waals surface area contributed by atoms with Gasteiger partial charge in [0.1, 0.15) is 0 Å². The molecule has 0 aliphatic heterocycles. The van der Waals surface area contributed by atoms with E-state index in [4.69, 9.17) is 10.1 Å². The van der Waals surface area contributed by atoms with Gasteiger partial charge in [-0.05, 0) is 36.3 Å². The molecule has 2 unspecified atom stereocenters. The molecule has 1 nitrogen and oxygen atoms in total. The van der Waals surface area contributed by atoms with Gasteiger partial charge in [0.05, 0.1) is 4.11 Å². The Balaban J connectivity index is 2.12. The summed E-state index contributed by atoms with van der Waals surface area (Å²) < 4.78 is 35.6. The molecule has 0 bridgehead atoms. The van der Waals surface area contributed by atoms with Crippen molar-refractivity contribution >= 4 is 6.92 Å². The molecule has 1 fully saturated rings. The Kier molecular flexibility index (Phi) is 3.46. The lowest BCUT2D eigenvalue weighted by atomic mass is 9.49. The SMILES string of the molecule is [2H]C1C=C[C@@H]2C([C@H](CCC)B(CCC)OC([2H])([2H])[2H])[C@@H]2C=C1. The molecular formula is C16H27BO. The third-order valence-electron chi connectivity index (χ3n) is 4.40. The summed E-state index contributed by atoms with van der Waals surface area (Å²) in [5, 5.41) is 0. The molecule has 0 aromatic heterocycles. The van der Waals surface area contributed by atoms with Gasteiger partial charge in [-0.25, -0.2) is 0 Å². The Morgan fingerprint density at radius 2 is 2.06 bits per heavy atom. The number of fused-ring (bicyclic) bond motifs is 1. The molecule has 1 saturated carbocycles. The number of allylic oxidation sites excluding steroid dienone is 4. The molecule has 0 heterocycles. The average Bonchev–Trinajstić information content (AvgIpc) is 3.13.